The second-order valence-corrected chi connectivity index (χ2v) is 9.32. The Labute approximate surface area is 164 Å². The Hall–Kier alpha value is -2.76. The Balaban J connectivity index is 1.61. The Bertz CT molecular complexity index is 1030. The van der Waals surface area contributed by atoms with Gasteiger partial charge in [0.2, 0.25) is 0 Å². The van der Waals surface area contributed by atoms with Crippen molar-refractivity contribution in [3.05, 3.63) is 65.5 Å². The number of fused-ring (bicyclic) bond motifs is 1. The van der Waals surface area contributed by atoms with E-state index in [0.717, 1.165) is 5.56 Å². The predicted octanol–water partition coefficient (Wildman–Crippen LogP) is 1.08. The Kier molecular flexibility index (Phi) is 4.87. The van der Waals surface area contributed by atoms with Gasteiger partial charge in [-0.2, -0.15) is 5.26 Å². The van der Waals surface area contributed by atoms with Crippen molar-refractivity contribution in [3.63, 3.8) is 0 Å². The average Bonchev–Trinajstić information content (AvgIpc) is 3.04. The van der Waals surface area contributed by atoms with Gasteiger partial charge in [0.15, 0.2) is 9.84 Å². The van der Waals surface area contributed by atoms with Gasteiger partial charge in [-0.05, 0) is 23.8 Å². The molecule has 2 saturated heterocycles. The lowest BCUT2D eigenvalue weighted by Gasteiger charge is -2.43. The lowest BCUT2D eigenvalue weighted by Crippen LogP contribution is -2.60. The van der Waals surface area contributed by atoms with Crippen LogP contribution < -0.4 is 0 Å². The molecule has 8 heteroatoms. The summed E-state index contributed by atoms with van der Waals surface area (Å²) in [5.41, 5.74) is 1.79. The van der Waals surface area contributed by atoms with Gasteiger partial charge in [-0.3, -0.25) is 14.7 Å². The zero-order valence-electron chi connectivity index (χ0n) is 15.2. The van der Waals surface area contributed by atoms with Gasteiger partial charge in [0.1, 0.15) is 5.69 Å². The van der Waals surface area contributed by atoms with Crippen molar-refractivity contribution >= 4 is 15.7 Å². The standard InChI is InChI=1S/C20H20N4O3S/c21-11-15-5-1-2-6-16(15)12-23-9-10-24(19-14-28(26,27)13-18(19)23)20(25)17-7-3-4-8-22-17/h1-8,18-19H,9-10,12-14H2/t18-,19+/m1/s1. The number of benzene rings is 1. The highest BCUT2D eigenvalue weighted by atomic mass is 32.2. The molecule has 7 nitrogen and oxygen atoms in total. The third-order valence-electron chi connectivity index (χ3n) is 5.45. The lowest BCUT2D eigenvalue weighted by molar-refractivity contribution is 0.0301. The molecule has 1 aromatic heterocycles. The summed E-state index contributed by atoms with van der Waals surface area (Å²) >= 11 is 0. The molecule has 0 unspecified atom stereocenters. The van der Waals surface area contributed by atoms with E-state index in [4.69, 9.17) is 0 Å². The van der Waals surface area contributed by atoms with Crippen molar-refractivity contribution in [2.24, 2.45) is 0 Å². The maximum absolute atomic E-state index is 12.9. The Morgan fingerprint density at radius 3 is 2.61 bits per heavy atom. The van der Waals surface area contributed by atoms with E-state index < -0.39 is 15.9 Å². The molecule has 2 atom stereocenters. The molecule has 3 heterocycles. The van der Waals surface area contributed by atoms with Crippen molar-refractivity contribution in [2.45, 2.75) is 18.6 Å². The molecule has 1 amide bonds. The number of piperazine rings is 1. The summed E-state index contributed by atoms with van der Waals surface area (Å²) in [6, 6.07) is 14.0. The van der Waals surface area contributed by atoms with E-state index in [1.54, 1.807) is 35.4 Å². The van der Waals surface area contributed by atoms with Crippen LogP contribution >= 0.6 is 0 Å². The van der Waals surface area contributed by atoms with Crippen LogP contribution in [0.25, 0.3) is 0 Å². The van der Waals surface area contributed by atoms with Crippen LogP contribution in [0, 0.1) is 11.3 Å². The Morgan fingerprint density at radius 2 is 1.86 bits per heavy atom. The molecular formula is C20H20N4O3S. The van der Waals surface area contributed by atoms with Gasteiger partial charge in [0, 0.05) is 31.9 Å². The van der Waals surface area contributed by atoms with Crippen molar-refractivity contribution in [1.29, 1.82) is 5.26 Å². The van der Waals surface area contributed by atoms with Gasteiger partial charge in [0.25, 0.3) is 5.91 Å². The first-order valence-electron chi connectivity index (χ1n) is 9.13. The van der Waals surface area contributed by atoms with Crippen molar-refractivity contribution in [2.75, 3.05) is 24.6 Å². The van der Waals surface area contributed by atoms with Gasteiger partial charge in [-0.15, -0.1) is 0 Å². The second kappa shape index (κ2) is 7.34. The zero-order valence-corrected chi connectivity index (χ0v) is 16.0. The van der Waals surface area contributed by atoms with E-state index in [1.165, 1.54) is 0 Å². The maximum atomic E-state index is 12.9. The highest BCUT2D eigenvalue weighted by molar-refractivity contribution is 7.91. The summed E-state index contributed by atoms with van der Waals surface area (Å²) < 4.78 is 24.8. The third-order valence-corrected chi connectivity index (χ3v) is 7.15. The lowest BCUT2D eigenvalue weighted by atomic mass is 10.0. The minimum absolute atomic E-state index is 0.0262. The topological polar surface area (TPSA) is 94.4 Å². The van der Waals surface area contributed by atoms with Crippen LogP contribution in [0.3, 0.4) is 0 Å². The third kappa shape index (κ3) is 3.51. The first kappa shape index (κ1) is 18.6. The number of hydrogen-bond donors (Lipinski definition) is 0. The van der Waals surface area contributed by atoms with Crippen molar-refractivity contribution < 1.29 is 13.2 Å². The molecule has 2 fully saturated rings. The molecule has 0 saturated carbocycles. The van der Waals surface area contributed by atoms with Crippen LogP contribution in [0.5, 0.6) is 0 Å². The summed E-state index contributed by atoms with van der Waals surface area (Å²) in [4.78, 5) is 20.8. The highest BCUT2D eigenvalue weighted by Gasteiger charge is 2.48. The summed E-state index contributed by atoms with van der Waals surface area (Å²) in [5, 5.41) is 9.34. The second-order valence-electron chi connectivity index (χ2n) is 7.16. The van der Waals surface area contributed by atoms with Gasteiger partial charge in [0.05, 0.1) is 29.2 Å². The maximum Gasteiger partial charge on any atom is 0.272 e. The normalized spacial score (nSPS) is 23.8. The molecule has 1 aromatic carbocycles. The molecule has 0 N–H and O–H groups in total. The first-order valence-corrected chi connectivity index (χ1v) is 10.9. The number of nitrogens with zero attached hydrogens (tertiary/aromatic N) is 4. The molecule has 0 radical (unpaired) electrons. The number of nitriles is 1. The monoisotopic (exact) mass is 396 g/mol. The van der Waals surface area contributed by atoms with E-state index in [9.17, 15) is 18.5 Å². The molecule has 2 aliphatic rings. The van der Waals surface area contributed by atoms with Gasteiger partial charge < -0.3 is 4.90 Å². The number of amides is 1. The minimum atomic E-state index is -3.24. The number of carbonyl (C=O) groups excluding carboxylic acids is 1. The summed E-state index contributed by atoms with van der Waals surface area (Å²) in [6.07, 6.45) is 1.56. The number of aromatic nitrogens is 1. The van der Waals surface area contributed by atoms with Crippen LogP contribution in [0.2, 0.25) is 0 Å². The fraction of sp³-hybridized carbons (Fsp3) is 0.350. The number of hydrogen-bond acceptors (Lipinski definition) is 6. The molecule has 2 aromatic rings. The SMILES string of the molecule is N#Cc1ccccc1CN1CCN(C(=O)c2ccccn2)[C@H]2CS(=O)(=O)C[C@H]21. The van der Waals surface area contributed by atoms with Crippen LogP contribution in [-0.2, 0) is 16.4 Å². The zero-order chi connectivity index (χ0) is 19.7. The molecule has 2 aliphatic heterocycles. The van der Waals surface area contributed by atoms with Crippen LogP contribution in [0.1, 0.15) is 21.6 Å². The van der Waals surface area contributed by atoms with Gasteiger partial charge in [-0.1, -0.05) is 24.3 Å². The molecule has 144 valence electrons. The molecule has 0 aliphatic carbocycles. The molecular weight excluding hydrogens is 376 g/mol. The van der Waals surface area contributed by atoms with Crippen LogP contribution in [0.4, 0.5) is 0 Å². The number of carbonyl (C=O) groups is 1. The number of rotatable bonds is 3. The van der Waals surface area contributed by atoms with Crippen molar-refractivity contribution in [3.8, 4) is 6.07 Å². The predicted molar refractivity (Wildman–Crippen MR) is 103 cm³/mol. The fourth-order valence-electron chi connectivity index (χ4n) is 4.10. The summed E-state index contributed by atoms with van der Waals surface area (Å²) in [6.45, 7) is 1.47. The average molecular weight is 396 g/mol. The minimum Gasteiger partial charge on any atom is -0.330 e. The Morgan fingerprint density at radius 1 is 1.11 bits per heavy atom. The fourth-order valence-corrected chi connectivity index (χ4v) is 6.11. The molecule has 28 heavy (non-hydrogen) atoms. The number of pyridine rings is 1. The highest BCUT2D eigenvalue weighted by Crippen LogP contribution is 2.29. The smallest absolute Gasteiger partial charge is 0.272 e. The largest absolute Gasteiger partial charge is 0.330 e. The van der Waals surface area contributed by atoms with Gasteiger partial charge in [-0.25, -0.2) is 8.42 Å². The van der Waals surface area contributed by atoms with E-state index >= 15 is 0 Å². The van der Waals surface area contributed by atoms with E-state index in [0.29, 0.717) is 30.9 Å². The van der Waals surface area contributed by atoms with E-state index in [2.05, 4.69) is 16.0 Å². The molecule has 0 bridgehead atoms. The molecule has 4 rings (SSSR count). The molecule has 0 spiro atoms. The quantitative estimate of drug-likeness (QED) is 0.771. The first-order chi connectivity index (χ1) is 13.5. The van der Waals surface area contributed by atoms with E-state index in [-0.39, 0.29) is 23.5 Å². The van der Waals surface area contributed by atoms with Gasteiger partial charge >= 0.3 is 0 Å². The summed E-state index contributed by atoms with van der Waals surface area (Å²) in [7, 11) is -3.24. The van der Waals surface area contributed by atoms with Crippen molar-refractivity contribution in [1.82, 2.24) is 14.8 Å². The van der Waals surface area contributed by atoms with Crippen LogP contribution in [-0.4, -0.2) is 65.8 Å². The van der Waals surface area contributed by atoms with E-state index in [1.807, 2.05) is 18.2 Å². The van der Waals surface area contributed by atoms with Crippen LogP contribution in [0.15, 0.2) is 48.7 Å². The number of sulfone groups is 1. The summed E-state index contributed by atoms with van der Waals surface area (Å²) in [5.74, 6) is -0.241.